The lowest BCUT2D eigenvalue weighted by Gasteiger charge is -2.11. The molecule has 0 saturated carbocycles. The third-order valence-corrected chi connectivity index (χ3v) is 3.63. The van der Waals surface area contributed by atoms with Crippen LogP contribution in [0, 0.1) is 0 Å². The Kier molecular flexibility index (Phi) is 4.86. The summed E-state index contributed by atoms with van der Waals surface area (Å²) in [7, 11) is 0. The van der Waals surface area contributed by atoms with Crippen molar-refractivity contribution < 1.29 is 9.84 Å². The van der Waals surface area contributed by atoms with Crippen LogP contribution in [0.5, 0.6) is 11.5 Å². The molecule has 0 fully saturated rings. The largest absolute Gasteiger partial charge is 0.456 e. The first-order valence-corrected chi connectivity index (χ1v) is 7.18. The number of rotatable bonds is 4. The molecule has 2 aromatic carbocycles. The van der Waals surface area contributed by atoms with E-state index < -0.39 is 6.10 Å². The molecule has 0 heterocycles. The number of aliphatic hydroxyl groups excluding tert-OH is 1. The third kappa shape index (κ3) is 3.72. The molecule has 0 saturated heterocycles. The highest BCUT2D eigenvalue weighted by molar-refractivity contribution is 9.10. The van der Waals surface area contributed by atoms with Crippen LogP contribution in [0.15, 0.2) is 46.9 Å². The number of halogens is 2. The lowest BCUT2D eigenvalue weighted by atomic mass is 10.1. The highest BCUT2D eigenvalue weighted by atomic mass is 79.9. The van der Waals surface area contributed by atoms with Gasteiger partial charge in [0.15, 0.2) is 0 Å². The van der Waals surface area contributed by atoms with Gasteiger partial charge >= 0.3 is 0 Å². The van der Waals surface area contributed by atoms with Gasteiger partial charge in [-0.2, -0.15) is 0 Å². The van der Waals surface area contributed by atoms with Gasteiger partial charge < -0.3 is 9.84 Å². The topological polar surface area (TPSA) is 29.5 Å². The van der Waals surface area contributed by atoms with Crippen LogP contribution in [-0.2, 0) is 0 Å². The Labute approximate surface area is 126 Å². The summed E-state index contributed by atoms with van der Waals surface area (Å²) in [4.78, 5) is 0. The van der Waals surface area contributed by atoms with Crippen LogP contribution in [0.4, 0.5) is 0 Å². The van der Waals surface area contributed by atoms with Crippen LogP contribution < -0.4 is 4.74 Å². The number of ether oxygens (including phenoxy) is 1. The highest BCUT2D eigenvalue weighted by Gasteiger charge is 2.06. The quantitative estimate of drug-likeness (QED) is 0.813. The lowest BCUT2D eigenvalue weighted by molar-refractivity contribution is 0.173. The molecule has 0 aliphatic heterocycles. The predicted octanol–water partition coefficient (Wildman–Crippen LogP) is 5.34. The van der Waals surface area contributed by atoms with E-state index in [4.69, 9.17) is 16.3 Å². The first kappa shape index (κ1) is 14.4. The molecule has 19 heavy (non-hydrogen) atoms. The van der Waals surface area contributed by atoms with Crippen molar-refractivity contribution in [3.63, 3.8) is 0 Å². The van der Waals surface area contributed by atoms with E-state index in [0.717, 1.165) is 15.8 Å². The molecule has 0 bridgehead atoms. The number of hydrogen-bond donors (Lipinski definition) is 1. The standard InChI is InChI=1S/C15H14BrClO2/c1-2-14(18)10-3-6-12(7-4-10)19-15-8-5-11(17)9-13(15)16/h3-9,14,18H,2H2,1H3/t14-/m0/s1. The van der Waals surface area contributed by atoms with Crippen molar-refractivity contribution in [1.29, 1.82) is 0 Å². The average molecular weight is 342 g/mol. The summed E-state index contributed by atoms with van der Waals surface area (Å²) in [5.74, 6) is 1.42. The summed E-state index contributed by atoms with van der Waals surface area (Å²) in [5.41, 5.74) is 0.894. The van der Waals surface area contributed by atoms with E-state index in [1.807, 2.05) is 31.2 Å². The van der Waals surface area contributed by atoms with Crippen molar-refractivity contribution in [2.75, 3.05) is 0 Å². The second-order valence-electron chi connectivity index (χ2n) is 4.17. The van der Waals surface area contributed by atoms with E-state index in [0.29, 0.717) is 17.2 Å². The maximum absolute atomic E-state index is 9.72. The minimum atomic E-state index is -0.420. The van der Waals surface area contributed by atoms with Gasteiger partial charge in [-0.1, -0.05) is 30.7 Å². The van der Waals surface area contributed by atoms with Gasteiger partial charge in [-0.15, -0.1) is 0 Å². The first-order valence-electron chi connectivity index (χ1n) is 6.01. The molecule has 2 rings (SSSR count). The van der Waals surface area contributed by atoms with Gasteiger partial charge in [-0.25, -0.2) is 0 Å². The van der Waals surface area contributed by atoms with Crippen LogP contribution in [0.1, 0.15) is 25.0 Å². The molecule has 2 aromatic rings. The Morgan fingerprint density at radius 3 is 2.47 bits per heavy atom. The Morgan fingerprint density at radius 1 is 1.21 bits per heavy atom. The van der Waals surface area contributed by atoms with Gasteiger partial charge in [-0.3, -0.25) is 0 Å². The molecule has 0 aromatic heterocycles. The fraction of sp³-hybridized carbons (Fsp3) is 0.200. The summed E-state index contributed by atoms with van der Waals surface area (Å²) in [6.45, 7) is 1.94. The summed E-state index contributed by atoms with van der Waals surface area (Å²) in [6.07, 6.45) is 0.277. The average Bonchev–Trinajstić information content (AvgIpc) is 2.42. The number of benzene rings is 2. The van der Waals surface area contributed by atoms with Gasteiger partial charge in [-0.05, 0) is 58.2 Å². The molecule has 2 nitrogen and oxygen atoms in total. The van der Waals surface area contributed by atoms with Gasteiger partial charge in [0.25, 0.3) is 0 Å². The zero-order valence-electron chi connectivity index (χ0n) is 10.4. The van der Waals surface area contributed by atoms with E-state index in [2.05, 4.69) is 15.9 Å². The van der Waals surface area contributed by atoms with Crippen molar-refractivity contribution >= 4 is 27.5 Å². The summed E-state index contributed by atoms with van der Waals surface area (Å²) >= 11 is 9.28. The monoisotopic (exact) mass is 340 g/mol. The van der Waals surface area contributed by atoms with E-state index in [1.165, 1.54) is 0 Å². The fourth-order valence-electron chi connectivity index (χ4n) is 1.68. The minimum Gasteiger partial charge on any atom is -0.456 e. The van der Waals surface area contributed by atoms with Gasteiger partial charge in [0.2, 0.25) is 0 Å². The van der Waals surface area contributed by atoms with E-state index in [-0.39, 0.29) is 0 Å². The molecular weight excluding hydrogens is 328 g/mol. The predicted molar refractivity (Wildman–Crippen MR) is 80.9 cm³/mol. The minimum absolute atomic E-state index is 0.420. The maximum Gasteiger partial charge on any atom is 0.141 e. The van der Waals surface area contributed by atoms with Crippen LogP contribution in [-0.4, -0.2) is 5.11 Å². The molecule has 0 unspecified atom stereocenters. The maximum atomic E-state index is 9.72. The molecular formula is C15H14BrClO2. The van der Waals surface area contributed by atoms with E-state index in [9.17, 15) is 5.11 Å². The van der Waals surface area contributed by atoms with E-state index in [1.54, 1.807) is 18.2 Å². The SMILES string of the molecule is CC[C@H](O)c1ccc(Oc2ccc(Cl)cc2Br)cc1. The zero-order valence-corrected chi connectivity index (χ0v) is 12.8. The summed E-state index contributed by atoms with van der Waals surface area (Å²) in [6, 6.07) is 12.8. The van der Waals surface area contributed by atoms with Gasteiger partial charge in [0, 0.05) is 5.02 Å². The number of hydrogen-bond acceptors (Lipinski definition) is 2. The highest BCUT2D eigenvalue weighted by Crippen LogP contribution is 2.32. The summed E-state index contributed by atoms with van der Waals surface area (Å²) < 4.78 is 6.55. The first-order chi connectivity index (χ1) is 9.10. The zero-order chi connectivity index (χ0) is 13.8. The molecule has 0 aliphatic carbocycles. The Bertz CT molecular complexity index is 555. The van der Waals surface area contributed by atoms with Crippen LogP contribution >= 0.6 is 27.5 Å². The van der Waals surface area contributed by atoms with Gasteiger partial charge in [0.1, 0.15) is 11.5 Å². The molecule has 0 spiro atoms. The van der Waals surface area contributed by atoms with Crippen molar-refractivity contribution in [3.05, 3.63) is 57.5 Å². The smallest absolute Gasteiger partial charge is 0.141 e. The van der Waals surface area contributed by atoms with Crippen molar-refractivity contribution in [3.8, 4) is 11.5 Å². The van der Waals surface area contributed by atoms with Gasteiger partial charge in [0.05, 0.1) is 10.6 Å². The van der Waals surface area contributed by atoms with Crippen LogP contribution in [0.25, 0.3) is 0 Å². The molecule has 1 atom stereocenters. The molecule has 0 radical (unpaired) electrons. The van der Waals surface area contributed by atoms with E-state index >= 15 is 0 Å². The van der Waals surface area contributed by atoms with Crippen molar-refractivity contribution in [2.24, 2.45) is 0 Å². The Balaban J connectivity index is 2.15. The molecule has 1 N–H and O–H groups in total. The molecule has 100 valence electrons. The molecule has 4 heteroatoms. The number of aliphatic hydroxyl groups is 1. The second-order valence-corrected chi connectivity index (χ2v) is 5.46. The fourth-order valence-corrected chi connectivity index (χ4v) is 2.44. The third-order valence-electron chi connectivity index (χ3n) is 2.77. The second kappa shape index (κ2) is 6.42. The normalized spacial score (nSPS) is 12.2. The lowest BCUT2D eigenvalue weighted by Crippen LogP contribution is -1.94. The van der Waals surface area contributed by atoms with Crippen LogP contribution in [0.3, 0.4) is 0 Å². The van der Waals surface area contributed by atoms with Crippen molar-refractivity contribution in [2.45, 2.75) is 19.4 Å². The van der Waals surface area contributed by atoms with Crippen LogP contribution in [0.2, 0.25) is 5.02 Å². The van der Waals surface area contributed by atoms with Crippen molar-refractivity contribution in [1.82, 2.24) is 0 Å². The summed E-state index contributed by atoms with van der Waals surface area (Å²) in [5, 5.41) is 10.4. The Morgan fingerprint density at radius 2 is 1.89 bits per heavy atom. The molecule has 0 amide bonds. The Hall–Kier alpha value is -1.03. The molecule has 0 aliphatic rings.